The van der Waals surface area contributed by atoms with E-state index in [1.165, 1.54) is 0 Å². The van der Waals surface area contributed by atoms with Gasteiger partial charge in [0.2, 0.25) is 5.91 Å². The number of nitrogens with zero attached hydrogens (tertiary/aromatic N) is 1. The molecule has 3 atom stereocenters. The van der Waals surface area contributed by atoms with Gasteiger partial charge in [0.05, 0.1) is 12.1 Å². The molecule has 2 heterocycles. The molecule has 2 N–H and O–H groups in total. The second-order valence-electron chi connectivity index (χ2n) is 4.94. The molecule has 0 aromatic rings. The molecular formula is C12H21N3O2S. The molecule has 0 radical (unpaired) electrons. The zero-order valence-corrected chi connectivity index (χ0v) is 11.8. The molecule has 6 heteroatoms. The molecule has 5 nitrogen and oxygen atoms in total. The summed E-state index contributed by atoms with van der Waals surface area (Å²) >= 11 is 1.95. The lowest BCUT2D eigenvalue weighted by molar-refractivity contribution is -0.120. The van der Waals surface area contributed by atoms with E-state index in [1.807, 2.05) is 23.7 Å². The zero-order valence-electron chi connectivity index (χ0n) is 10.9. The first-order valence-electron chi connectivity index (χ1n) is 6.49. The van der Waals surface area contributed by atoms with Crippen molar-refractivity contribution in [3.8, 4) is 0 Å². The average molecular weight is 271 g/mol. The maximum atomic E-state index is 11.5. The Bertz CT molecular complexity index is 337. The Hall–Kier alpha value is -0.910. The normalized spacial score (nSPS) is 30.2. The Kier molecular flexibility index (Phi) is 4.37. The third kappa shape index (κ3) is 2.74. The Morgan fingerprint density at radius 2 is 2.33 bits per heavy atom. The highest BCUT2D eigenvalue weighted by Crippen LogP contribution is 2.36. The van der Waals surface area contributed by atoms with E-state index in [1.54, 1.807) is 7.05 Å². The van der Waals surface area contributed by atoms with Crippen LogP contribution in [-0.2, 0) is 4.79 Å². The van der Waals surface area contributed by atoms with Crippen LogP contribution in [0.3, 0.4) is 0 Å². The van der Waals surface area contributed by atoms with Crippen molar-refractivity contribution in [3.63, 3.8) is 0 Å². The van der Waals surface area contributed by atoms with E-state index in [2.05, 4.69) is 10.6 Å². The number of thioether (sulfide) groups is 1. The molecule has 0 aliphatic carbocycles. The van der Waals surface area contributed by atoms with Crippen molar-refractivity contribution in [3.05, 3.63) is 0 Å². The van der Waals surface area contributed by atoms with Crippen LogP contribution in [0, 0.1) is 0 Å². The number of carbonyl (C=O) groups excluding carboxylic acids is 2. The summed E-state index contributed by atoms with van der Waals surface area (Å²) in [4.78, 5) is 24.5. The molecule has 0 aromatic carbocycles. The number of fused-ring (bicyclic) bond motifs is 1. The largest absolute Gasteiger partial charge is 0.359 e. The van der Waals surface area contributed by atoms with Crippen LogP contribution in [0.2, 0.25) is 0 Å². The Balaban J connectivity index is 1.72. The van der Waals surface area contributed by atoms with Crippen molar-refractivity contribution in [2.75, 3.05) is 19.8 Å². The maximum absolute atomic E-state index is 11.5. The first kappa shape index (κ1) is 13.5. The molecule has 3 amide bonds. The second kappa shape index (κ2) is 5.82. The van der Waals surface area contributed by atoms with Crippen LogP contribution in [-0.4, -0.2) is 54.0 Å². The summed E-state index contributed by atoms with van der Waals surface area (Å²) in [5.41, 5.74) is 0. The van der Waals surface area contributed by atoms with Crippen LogP contribution in [0.15, 0.2) is 0 Å². The van der Waals surface area contributed by atoms with Crippen molar-refractivity contribution >= 4 is 23.7 Å². The predicted octanol–water partition coefficient (Wildman–Crippen LogP) is 0.800. The summed E-state index contributed by atoms with van der Waals surface area (Å²) in [5, 5.41) is 6.21. The Morgan fingerprint density at radius 1 is 1.56 bits per heavy atom. The molecular weight excluding hydrogens is 250 g/mol. The topological polar surface area (TPSA) is 61.4 Å². The molecule has 18 heavy (non-hydrogen) atoms. The molecule has 2 saturated heterocycles. The molecule has 2 rings (SSSR count). The van der Waals surface area contributed by atoms with Crippen LogP contribution >= 0.6 is 11.8 Å². The van der Waals surface area contributed by atoms with E-state index < -0.39 is 0 Å². The van der Waals surface area contributed by atoms with Crippen molar-refractivity contribution in [1.29, 1.82) is 0 Å². The van der Waals surface area contributed by atoms with Gasteiger partial charge in [0, 0.05) is 31.5 Å². The van der Waals surface area contributed by atoms with E-state index in [4.69, 9.17) is 0 Å². The van der Waals surface area contributed by atoms with Gasteiger partial charge in [0.1, 0.15) is 0 Å². The zero-order chi connectivity index (χ0) is 13.1. The van der Waals surface area contributed by atoms with Gasteiger partial charge < -0.3 is 15.5 Å². The lowest BCUT2D eigenvalue weighted by atomic mass is 10.0. The van der Waals surface area contributed by atoms with Gasteiger partial charge in [0.15, 0.2) is 0 Å². The first-order chi connectivity index (χ1) is 8.63. The van der Waals surface area contributed by atoms with E-state index >= 15 is 0 Å². The highest BCUT2D eigenvalue weighted by atomic mass is 32.2. The fraction of sp³-hybridized carbons (Fsp3) is 0.833. The highest BCUT2D eigenvalue weighted by Gasteiger charge is 2.45. The molecule has 0 aromatic heterocycles. The van der Waals surface area contributed by atoms with E-state index in [0.29, 0.717) is 23.8 Å². The van der Waals surface area contributed by atoms with Gasteiger partial charge >= 0.3 is 6.03 Å². The SMILES string of the molecule is CNC(=O)CCCCC1SC[C@H]2[C@@H]1NC(=O)N2C. The van der Waals surface area contributed by atoms with Crippen LogP contribution < -0.4 is 10.6 Å². The molecule has 0 spiro atoms. The number of carbonyl (C=O) groups is 2. The number of nitrogens with one attached hydrogen (secondary N) is 2. The highest BCUT2D eigenvalue weighted by molar-refractivity contribution is 8.00. The summed E-state index contributed by atoms with van der Waals surface area (Å²) in [5.74, 6) is 1.14. The summed E-state index contributed by atoms with van der Waals surface area (Å²) in [7, 11) is 3.54. The summed E-state index contributed by atoms with van der Waals surface area (Å²) in [6.07, 6.45) is 3.66. The summed E-state index contributed by atoms with van der Waals surface area (Å²) < 4.78 is 0. The Labute approximate surface area is 112 Å². The molecule has 0 saturated carbocycles. The number of unbranched alkanes of at least 4 members (excludes halogenated alkanes) is 1. The van der Waals surface area contributed by atoms with Gasteiger partial charge in [-0.3, -0.25) is 4.79 Å². The van der Waals surface area contributed by atoms with Crippen LogP contribution in [0.25, 0.3) is 0 Å². The lowest BCUT2D eigenvalue weighted by Gasteiger charge is -2.17. The second-order valence-corrected chi connectivity index (χ2v) is 6.22. The minimum Gasteiger partial charge on any atom is -0.359 e. The Morgan fingerprint density at radius 3 is 3.06 bits per heavy atom. The molecule has 2 fully saturated rings. The van der Waals surface area contributed by atoms with Crippen molar-refractivity contribution in [2.24, 2.45) is 0 Å². The lowest BCUT2D eigenvalue weighted by Crippen LogP contribution is -2.37. The average Bonchev–Trinajstić information content (AvgIpc) is 2.87. The standard InChI is InChI=1S/C12H21N3O2S/c1-13-10(16)6-4-3-5-9-11-8(7-18-9)15(2)12(17)14-11/h8-9,11H,3-7H2,1-2H3,(H,13,16)(H,14,17)/t8-,9?,11-/m0/s1. The van der Waals surface area contributed by atoms with E-state index in [9.17, 15) is 9.59 Å². The van der Waals surface area contributed by atoms with Gasteiger partial charge in [-0.15, -0.1) is 0 Å². The fourth-order valence-electron chi connectivity index (χ4n) is 2.63. The van der Waals surface area contributed by atoms with Crippen molar-refractivity contribution in [2.45, 2.75) is 43.0 Å². The number of likely N-dealkylation sites (N-methyl/N-ethyl adjacent to an activating group) is 1. The molecule has 0 bridgehead atoms. The molecule has 2 aliphatic rings. The third-order valence-corrected chi connectivity index (χ3v) is 5.32. The monoisotopic (exact) mass is 271 g/mol. The summed E-state index contributed by atoms with van der Waals surface area (Å²) in [6.45, 7) is 0. The quantitative estimate of drug-likeness (QED) is 0.574. The number of hydrogen-bond donors (Lipinski definition) is 2. The minimum absolute atomic E-state index is 0.0562. The fourth-order valence-corrected chi connectivity index (χ4v) is 4.30. The van der Waals surface area contributed by atoms with Gasteiger partial charge in [-0.2, -0.15) is 11.8 Å². The van der Waals surface area contributed by atoms with Crippen molar-refractivity contribution < 1.29 is 9.59 Å². The predicted molar refractivity (Wildman–Crippen MR) is 72.7 cm³/mol. The maximum Gasteiger partial charge on any atom is 0.317 e. The van der Waals surface area contributed by atoms with Crippen LogP contribution in [0.4, 0.5) is 4.79 Å². The smallest absolute Gasteiger partial charge is 0.317 e. The number of urea groups is 1. The molecule has 2 aliphatic heterocycles. The number of hydrogen-bond acceptors (Lipinski definition) is 3. The molecule has 1 unspecified atom stereocenters. The number of rotatable bonds is 5. The summed E-state index contributed by atoms with van der Waals surface area (Å²) in [6, 6.07) is 0.708. The third-order valence-electron chi connectivity index (χ3n) is 3.83. The van der Waals surface area contributed by atoms with Gasteiger partial charge in [-0.1, -0.05) is 6.42 Å². The van der Waals surface area contributed by atoms with E-state index in [-0.39, 0.29) is 11.9 Å². The number of amides is 3. The van der Waals surface area contributed by atoms with Gasteiger partial charge in [0.25, 0.3) is 0 Å². The van der Waals surface area contributed by atoms with E-state index in [0.717, 1.165) is 25.0 Å². The van der Waals surface area contributed by atoms with Gasteiger partial charge in [-0.05, 0) is 12.8 Å². The molecule has 102 valence electrons. The van der Waals surface area contributed by atoms with Crippen molar-refractivity contribution in [1.82, 2.24) is 15.5 Å². The minimum atomic E-state index is 0.0562. The van der Waals surface area contributed by atoms with Gasteiger partial charge in [-0.25, -0.2) is 4.79 Å². The first-order valence-corrected chi connectivity index (χ1v) is 7.54. The van der Waals surface area contributed by atoms with Crippen LogP contribution in [0.1, 0.15) is 25.7 Å². The van der Waals surface area contributed by atoms with Crippen LogP contribution in [0.5, 0.6) is 0 Å².